The van der Waals surface area contributed by atoms with Crippen LogP contribution >= 0.6 is 0 Å². The number of carboxylic acids is 1. The second-order valence-corrected chi connectivity index (χ2v) is 6.72. The van der Waals surface area contributed by atoms with Crippen LogP contribution in [0.1, 0.15) is 39.0 Å². The van der Waals surface area contributed by atoms with Gasteiger partial charge in [-0.25, -0.2) is 19.0 Å². The van der Waals surface area contributed by atoms with E-state index in [4.69, 9.17) is 19.2 Å². The first-order valence-electron chi connectivity index (χ1n) is 7.74. The Hall–Kier alpha value is -1.18. The smallest absolute Gasteiger partial charge is 0.335 e. The Labute approximate surface area is 127 Å². The zero-order chi connectivity index (χ0) is 15.5. The Balaban J connectivity index is 1.87. The lowest BCUT2D eigenvalue weighted by Crippen LogP contribution is -2.66. The second-order valence-electron chi connectivity index (χ2n) is 6.72. The van der Waals surface area contributed by atoms with Crippen molar-refractivity contribution >= 4 is 5.97 Å². The molecular weight excluding hydrogens is 295 g/mol. The van der Waals surface area contributed by atoms with Crippen molar-refractivity contribution in [2.45, 2.75) is 56.7 Å². The summed E-state index contributed by atoms with van der Waals surface area (Å²) in [5.41, 5.74) is -1.01. The molecule has 5 rings (SSSR count). The predicted octanol–water partition coefficient (Wildman–Crippen LogP) is 2.29. The number of hydrogen-bond acceptors (Lipinski definition) is 5. The largest absolute Gasteiger partial charge is 0.478 e. The van der Waals surface area contributed by atoms with Crippen LogP contribution in [-0.2, 0) is 24.0 Å². The van der Waals surface area contributed by atoms with E-state index in [0.29, 0.717) is 12.8 Å². The van der Waals surface area contributed by atoms with Gasteiger partial charge in [-0.1, -0.05) is 6.42 Å². The Kier molecular flexibility index (Phi) is 3.05. The van der Waals surface area contributed by atoms with Crippen LogP contribution in [-0.4, -0.2) is 35.4 Å². The molecule has 22 heavy (non-hydrogen) atoms. The fourth-order valence-electron chi connectivity index (χ4n) is 4.48. The Morgan fingerprint density at radius 1 is 1.36 bits per heavy atom. The molecule has 6 nitrogen and oxygen atoms in total. The van der Waals surface area contributed by atoms with Crippen molar-refractivity contribution in [3.63, 3.8) is 0 Å². The third-order valence-electron chi connectivity index (χ3n) is 5.51. The molecule has 5 atom stereocenters. The minimum Gasteiger partial charge on any atom is -0.478 e. The van der Waals surface area contributed by atoms with E-state index in [-0.39, 0.29) is 17.3 Å². The van der Waals surface area contributed by atoms with Gasteiger partial charge in [0.25, 0.3) is 0 Å². The Morgan fingerprint density at radius 2 is 2.18 bits per heavy atom. The molecule has 3 saturated heterocycles. The van der Waals surface area contributed by atoms with E-state index in [2.05, 4.69) is 0 Å². The molecule has 5 aliphatic rings. The monoisotopic (exact) mass is 314 g/mol. The van der Waals surface area contributed by atoms with Gasteiger partial charge in [0.05, 0.1) is 5.57 Å². The van der Waals surface area contributed by atoms with Gasteiger partial charge < -0.3 is 14.6 Å². The maximum absolute atomic E-state index is 13.3. The number of fused-ring (bicyclic) bond motifs is 2. The van der Waals surface area contributed by atoms with Crippen LogP contribution in [0.4, 0.5) is 4.39 Å². The maximum Gasteiger partial charge on any atom is 0.335 e. The molecule has 1 aliphatic carbocycles. The standard InChI is InChI=1S/C15H19FO6/c1-14-6-5-8-3-2-4-9-11(12(17)18)10(7-16)19-13(20-14)15(8,9)22-21-14/h8-9,13H,2-7H2,1H3,(H,17,18)/t8-,9+,13-,14+,15-/m1/s1. The molecule has 2 bridgehead atoms. The third-order valence-corrected chi connectivity index (χ3v) is 5.51. The number of hydrogen-bond donors (Lipinski definition) is 1. The average Bonchev–Trinajstić information content (AvgIpc) is 2.72. The van der Waals surface area contributed by atoms with Gasteiger partial charge in [0.2, 0.25) is 12.1 Å². The summed E-state index contributed by atoms with van der Waals surface area (Å²) in [5, 5.41) is 9.54. The van der Waals surface area contributed by atoms with Crippen LogP contribution in [0, 0.1) is 11.8 Å². The minimum atomic E-state index is -1.16. The molecule has 4 heterocycles. The summed E-state index contributed by atoms with van der Waals surface area (Å²) in [6, 6.07) is 0. The molecule has 4 fully saturated rings. The highest BCUT2D eigenvalue weighted by atomic mass is 19.1. The number of ether oxygens (including phenoxy) is 2. The number of carboxylic acid groups (broad SMARTS) is 1. The summed E-state index contributed by atoms with van der Waals surface area (Å²) in [5.74, 6) is -2.63. The molecule has 1 N–H and O–H groups in total. The van der Waals surface area contributed by atoms with E-state index in [0.717, 1.165) is 19.3 Å². The van der Waals surface area contributed by atoms with Crippen molar-refractivity contribution in [3.8, 4) is 0 Å². The van der Waals surface area contributed by atoms with E-state index < -0.39 is 36.2 Å². The number of carbonyl (C=O) groups is 1. The van der Waals surface area contributed by atoms with E-state index in [9.17, 15) is 14.3 Å². The predicted molar refractivity (Wildman–Crippen MR) is 70.0 cm³/mol. The molecule has 1 spiro atoms. The van der Waals surface area contributed by atoms with Crippen molar-refractivity contribution < 1.29 is 33.5 Å². The summed E-state index contributed by atoms with van der Waals surface area (Å²) >= 11 is 0. The molecule has 0 aromatic carbocycles. The highest BCUT2D eigenvalue weighted by molar-refractivity contribution is 5.88. The second kappa shape index (κ2) is 4.66. The lowest BCUT2D eigenvalue weighted by Gasteiger charge is -2.55. The lowest BCUT2D eigenvalue weighted by molar-refractivity contribution is -0.554. The van der Waals surface area contributed by atoms with Gasteiger partial charge in [0.15, 0.2) is 5.60 Å². The van der Waals surface area contributed by atoms with Crippen molar-refractivity contribution in [1.29, 1.82) is 0 Å². The first kappa shape index (κ1) is 14.4. The number of alkyl halides is 1. The average molecular weight is 314 g/mol. The molecule has 0 unspecified atom stereocenters. The van der Waals surface area contributed by atoms with Crippen LogP contribution in [0.3, 0.4) is 0 Å². The van der Waals surface area contributed by atoms with Gasteiger partial charge in [0.1, 0.15) is 12.4 Å². The van der Waals surface area contributed by atoms with Gasteiger partial charge in [-0.05, 0) is 32.1 Å². The first-order valence-corrected chi connectivity index (χ1v) is 7.74. The fraction of sp³-hybridized carbons (Fsp3) is 0.800. The zero-order valence-electron chi connectivity index (χ0n) is 12.3. The molecular formula is C15H19FO6. The molecule has 0 aromatic heterocycles. The lowest BCUT2D eigenvalue weighted by atomic mass is 9.63. The number of rotatable bonds is 2. The van der Waals surface area contributed by atoms with Gasteiger partial charge >= 0.3 is 5.97 Å². The molecule has 4 aliphatic heterocycles. The SMILES string of the molecule is C[C@]12CC[C@H]3CCC[C@H]4C(C(=O)O)=C(CF)O[C@H](O1)[C@@]34OO2. The third kappa shape index (κ3) is 1.73. The molecule has 0 amide bonds. The molecule has 7 heteroatoms. The van der Waals surface area contributed by atoms with Crippen molar-refractivity contribution in [2.75, 3.05) is 6.67 Å². The van der Waals surface area contributed by atoms with E-state index in [1.54, 1.807) is 6.92 Å². The van der Waals surface area contributed by atoms with E-state index >= 15 is 0 Å². The normalized spacial score (nSPS) is 46.7. The van der Waals surface area contributed by atoms with Gasteiger partial charge in [0, 0.05) is 12.3 Å². The van der Waals surface area contributed by atoms with Gasteiger partial charge in [-0.2, -0.15) is 0 Å². The topological polar surface area (TPSA) is 74.2 Å². The number of aliphatic carboxylic acids is 1. The first-order chi connectivity index (χ1) is 10.5. The summed E-state index contributed by atoms with van der Waals surface area (Å²) in [6.07, 6.45) is 3.00. The highest BCUT2D eigenvalue weighted by Gasteiger charge is 2.68. The summed E-state index contributed by atoms with van der Waals surface area (Å²) in [4.78, 5) is 22.9. The maximum atomic E-state index is 13.3. The van der Waals surface area contributed by atoms with Crippen molar-refractivity contribution in [1.82, 2.24) is 0 Å². The van der Waals surface area contributed by atoms with Crippen LogP contribution in [0.5, 0.6) is 0 Å². The van der Waals surface area contributed by atoms with Crippen LogP contribution < -0.4 is 0 Å². The van der Waals surface area contributed by atoms with Gasteiger partial charge in [-0.15, -0.1) is 0 Å². The number of allylic oxidation sites excluding steroid dienone is 1. The summed E-state index contributed by atoms with van der Waals surface area (Å²) < 4.78 is 24.9. The quantitative estimate of drug-likeness (QED) is 0.788. The van der Waals surface area contributed by atoms with Crippen LogP contribution in [0.25, 0.3) is 0 Å². The van der Waals surface area contributed by atoms with Crippen LogP contribution in [0.2, 0.25) is 0 Å². The Bertz CT molecular complexity index is 548. The summed E-state index contributed by atoms with van der Waals surface area (Å²) in [6.45, 7) is 0.803. The number of halogens is 1. The minimum absolute atomic E-state index is 0.0267. The van der Waals surface area contributed by atoms with E-state index in [1.165, 1.54) is 0 Å². The molecule has 1 saturated carbocycles. The zero-order valence-corrected chi connectivity index (χ0v) is 12.3. The van der Waals surface area contributed by atoms with Gasteiger partial charge in [-0.3, -0.25) is 0 Å². The Morgan fingerprint density at radius 3 is 2.91 bits per heavy atom. The van der Waals surface area contributed by atoms with Crippen molar-refractivity contribution in [3.05, 3.63) is 11.3 Å². The van der Waals surface area contributed by atoms with Crippen LogP contribution in [0.15, 0.2) is 11.3 Å². The summed E-state index contributed by atoms with van der Waals surface area (Å²) in [7, 11) is 0. The molecule has 0 aromatic rings. The molecule has 122 valence electrons. The van der Waals surface area contributed by atoms with E-state index in [1.807, 2.05) is 0 Å². The highest BCUT2D eigenvalue weighted by Crippen LogP contribution is 2.58. The van der Waals surface area contributed by atoms with Crippen molar-refractivity contribution in [2.24, 2.45) is 11.8 Å². The fourth-order valence-corrected chi connectivity index (χ4v) is 4.48. The molecule has 0 radical (unpaired) electrons.